The molecular weight excluding hydrogens is 246 g/mol. The van der Waals surface area contributed by atoms with E-state index in [2.05, 4.69) is 11.4 Å². The lowest BCUT2D eigenvalue weighted by molar-refractivity contribution is 0.576. The van der Waals surface area contributed by atoms with Crippen LogP contribution in [0.5, 0.6) is 0 Å². The highest BCUT2D eigenvalue weighted by Gasteiger charge is 2.28. The van der Waals surface area contributed by atoms with Gasteiger partial charge in [0.2, 0.25) is 0 Å². The fourth-order valence-corrected chi connectivity index (χ4v) is 2.40. The number of nitrogens with one attached hydrogen (secondary N) is 1. The summed E-state index contributed by atoms with van der Waals surface area (Å²) in [5.74, 6) is -1.57. The lowest BCUT2D eigenvalue weighted by atomic mass is 10.1. The minimum Gasteiger partial charge on any atom is -0.377 e. The highest BCUT2D eigenvalue weighted by atomic mass is 35.5. The van der Waals surface area contributed by atoms with Crippen molar-refractivity contribution in [2.45, 2.75) is 25.3 Å². The molecule has 90 valence electrons. The summed E-state index contributed by atoms with van der Waals surface area (Å²) < 4.78 is 26.4. The van der Waals surface area contributed by atoms with E-state index in [1.807, 2.05) is 0 Å². The first-order valence-corrected chi connectivity index (χ1v) is 5.80. The van der Waals surface area contributed by atoms with Gasteiger partial charge in [-0.15, -0.1) is 0 Å². The molecule has 1 fully saturated rings. The largest absolute Gasteiger partial charge is 0.377 e. The Hall–Kier alpha value is -1.34. The summed E-state index contributed by atoms with van der Waals surface area (Å²) in [6.07, 6.45) is 2.52. The van der Waals surface area contributed by atoms with Crippen LogP contribution in [-0.2, 0) is 0 Å². The van der Waals surface area contributed by atoms with Gasteiger partial charge in [-0.2, -0.15) is 5.26 Å². The van der Waals surface area contributed by atoms with Crippen LogP contribution < -0.4 is 5.32 Å². The van der Waals surface area contributed by atoms with E-state index >= 15 is 0 Å². The number of anilines is 1. The molecule has 1 aliphatic carbocycles. The first kappa shape index (κ1) is 12.1. The number of halogens is 3. The van der Waals surface area contributed by atoms with Crippen LogP contribution in [0.3, 0.4) is 0 Å². The molecule has 1 aliphatic rings. The molecule has 1 N–H and O–H groups in total. The van der Waals surface area contributed by atoms with E-state index in [1.165, 1.54) is 0 Å². The third-order valence-electron chi connectivity index (χ3n) is 3.02. The summed E-state index contributed by atoms with van der Waals surface area (Å²) in [7, 11) is 0. The number of hydrogen-bond acceptors (Lipinski definition) is 2. The zero-order chi connectivity index (χ0) is 12.4. The van der Waals surface area contributed by atoms with Crippen LogP contribution in [0, 0.1) is 28.9 Å². The molecular formula is C12H11ClF2N2. The maximum absolute atomic E-state index is 13.5. The van der Waals surface area contributed by atoms with Crippen molar-refractivity contribution in [2.75, 3.05) is 5.32 Å². The number of benzene rings is 1. The monoisotopic (exact) mass is 256 g/mol. The molecule has 0 spiro atoms. The van der Waals surface area contributed by atoms with Gasteiger partial charge in [0, 0.05) is 12.1 Å². The predicted molar refractivity (Wildman–Crippen MR) is 61.7 cm³/mol. The highest BCUT2D eigenvalue weighted by Crippen LogP contribution is 2.32. The highest BCUT2D eigenvalue weighted by molar-refractivity contribution is 6.33. The van der Waals surface area contributed by atoms with Crippen molar-refractivity contribution in [3.05, 3.63) is 28.8 Å². The summed E-state index contributed by atoms with van der Waals surface area (Å²) >= 11 is 5.78. The standard InChI is InChI=1S/C12H11ClF2N2/c13-9-4-8(14)5-10(15)12(9)17-11-3-1-2-7(11)6-16/h4-5,7,11,17H,1-3H2. The lowest BCUT2D eigenvalue weighted by Gasteiger charge is -2.18. The third kappa shape index (κ3) is 2.50. The van der Waals surface area contributed by atoms with Gasteiger partial charge < -0.3 is 5.32 Å². The molecule has 17 heavy (non-hydrogen) atoms. The average Bonchev–Trinajstić information content (AvgIpc) is 2.70. The Bertz CT molecular complexity index is 447. The molecule has 1 saturated carbocycles. The first-order valence-electron chi connectivity index (χ1n) is 5.42. The fraction of sp³-hybridized carbons (Fsp3) is 0.417. The van der Waals surface area contributed by atoms with Crippen LogP contribution in [0.2, 0.25) is 5.02 Å². The Morgan fingerprint density at radius 3 is 2.76 bits per heavy atom. The first-order chi connectivity index (χ1) is 8.11. The molecule has 2 atom stereocenters. The Morgan fingerprint density at radius 1 is 1.35 bits per heavy atom. The summed E-state index contributed by atoms with van der Waals surface area (Å²) in [4.78, 5) is 0. The SMILES string of the molecule is N#CC1CCCC1Nc1c(F)cc(F)cc1Cl. The van der Waals surface area contributed by atoms with Crippen molar-refractivity contribution in [1.29, 1.82) is 5.26 Å². The average molecular weight is 257 g/mol. The topological polar surface area (TPSA) is 35.8 Å². The van der Waals surface area contributed by atoms with Crippen LogP contribution >= 0.6 is 11.6 Å². The molecule has 2 nitrogen and oxygen atoms in total. The van der Waals surface area contributed by atoms with Crippen molar-refractivity contribution >= 4 is 17.3 Å². The van der Waals surface area contributed by atoms with Gasteiger partial charge in [0.15, 0.2) is 5.82 Å². The summed E-state index contributed by atoms with van der Waals surface area (Å²) in [6.45, 7) is 0. The van der Waals surface area contributed by atoms with Gasteiger partial charge in [-0.1, -0.05) is 11.6 Å². The van der Waals surface area contributed by atoms with Crippen molar-refractivity contribution in [3.63, 3.8) is 0 Å². The van der Waals surface area contributed by atoms with Crippen molar-refractivity contribution in [3.8, 4) is 6.07 Å². The second-order valence-electron chi connectivity index (χ2n) is 4.16. The van der Waals surface area contributed by atoms with Gasteiger partial charge in [-0.25, -0.2) is 8.78 Å². The Balaban J connectivity index is 2.22. The quantitative estimate of drug-likeness (QED) is 0.875. The molecule has 5 heteroatoms. The van der Waals surface area contributed by atoms with Gasteiger partial charge in [0.1, 0.15) is 5.82 Å². The summed E-state index contributed by atoms with van der Waals surface area (Å²) in [5, 5.41) is 11.8. The van der Waals surface area contributed by atoms with Gasteiger partial charge in [-0.05, 0) is 25.3 Å². The number of nitriles is 1. The molecule has 0 bridgehead atoms. The molecule has 0 radical (unpaired) electrons. The molecule has 2 rings (SSSR count). The smallest absolute Gasteiger partial charge is 0.150 e. The normalized spacial score (nSPS) is 23.4. The molecule has 0 aliphatic heterocycles. The van der Waals surface area contributed by atoms with E-state index in [4.69, 9.17) is 16.9 Å². The fourth-order valence-electron chi connectivity index (χ4n) is 2.15. The van der Waals surface area contributed by atoms with E-state index in [0.29, 0.717) is 0 Å². The van der Waals surface area contributed by atoms with Gasteiger partial charge in [-0.3, -0.25) is 0 Å². The summed E-state index contributed by atoms with van der Waals surface area (Å²) in [6, 6.07) is 3.91. The second-order valence-corrected chi connectivity index (χ2v) is 4.57. The predicted octanol–water partition coefficient (Wildman–Crippen LogP) is 3.72. The zero-order valence-electron chi connectivity index (χ0n) is 9.01. The van der Waals surface area contributed by atoms with Gasteiger partial charge in [0.05, 0.1) is 22.7 Å². The maximum atomic E-state index is 13.5. The van der Waals surface area contributed by atoms with Gasteiger partial charge in [0.25, 0.3) is 0 Å². The number of hydrogen-bond donors (Lipinski definition) is 1. The van der Waals surface area contributed by atoms with Gasteiger partial charge >= 0.3 is 0 Å². The molecule has 0 saturated heterocycles. The molecule has 0 aromatic heterocycles. The van der Waals surface area contributed by atoms with E-state index in [-0.39, 0.29) is 22.7 Å². The Kier molecular flexibility index (Phi) is 3.49. The lowest BCUT2D eigenvalue weighted by Crippen LogP contribution is -2.23. The maximum Gasteiger partial charge on any atom is 0.150 e. The van der Waals surface area contributed by atoms with Crippen LogP contribution in [0.15, 0.2) is 12.1 Å². The van der Waals surface area contributed by atoms with Crippen molar-refractivity contribution < 1.29 is 8.78 Å². The molecule has 1 aromatic carbocycles. The Labute approximate surface area is 103 Å². The minimum atomic E-state index is -0.724. The van der Waals surface area contributed by atoms with E-state index in [1.54, 1.807) is 0 Å². The number of nitrogens with zero attached hydrogens (tertiary/aromatic N) is 1. The molecule has 0 amide bonds. The van der Waals surface area contributed by atoms with Crippen molar-refractivity contribution in [1.82, 2.24) is 0 Å². The summed E-state index contributed by atoms with van der Waals surface area (Å²) in [5.41, 5.74) is 0.0835. The van der Waals surface area contributed by atoms with Crippen LogP contribution in [0.4, 0.5) is 14.5 Å². The molecule has 0 heterocycles. The van der Waals surface area contributed by atoms with Crippen LogP contribution in [-0.4, -0.2) is 6.04 Å². The minimum absolute atomic E-state index is 0.00564. The van der Waals surface area contributed by atoms with E-state index in [9.17, 15) is 8.78 Å². The van der Waals surface area contributed by atoms with Crippen LogP contribution in [0.25, 0.3) is 0 Å². The number of rotatable bonds is 2. The molecule has 1 aromatic rings. The van der Waals surface area contributed by atoms with E-state index in [0.717, 1.165) is 31.4 Å². The Morgan fingerprint density at radius 2 is 2.12 bits per heavy atom. The van der Waals surface area contributed by atoms with Crippen molar-refractivity contribution in [2.24, 2.45) is 5.92 Å². The zero-order valence-corrected chi connectivity index (χ0v) is 9.77. The molecule has 2 unspecified atom stereocenters. The second kappa shape index (κ2) is 4.89. The van der Waals surface area contributed by atoms with Crippen LogP contribution in [0.1, 0.15) is 19.3 Å². The van der Waals surface area contributed by atoms with E-state index < -0.39 is 11.6 Å². The third-order valence-corrected chi connectivity index (χ3v) is 3.32.